The average Bonchev–Trinajstić information content (AvgIpc) is 3.48. The molecule has 8 atom stereocenters. The number of carbonyl (C=O) groups excluding carboxylic acids is 6. The molecule has 2 saturated heterocycles. The maximum Gasteiger partial charge on any atom is 0.311 e. The normalized spacial score (nSPS) is 28.7. The highest BCUT2D eigenvalue weighted by atomic mass is 16.5. The maximum atomic E-state index is 12.5. The quantitative estimate of drug-likeness (QED) is 0.302. The van der Waals surface area contributed by atoms with Gasteiger partial charge in [-0.05, 0) is 23.3 Å². The molecule has 2 aromatic rings. The Morgan fingerprint density at radius 2 is 0.833 bits per heavy atom. The van der Waals surface area contributed by atoms with Gasteiger partial charge in [0.2, 0.25) is 0 Å². The van der Waals surface area contributed by atoms with E-state index in [0.717, 1.165) is 11.1 Å². The van der Waals surface area contributed by atoms with Crippen LogP contribution in [0.4, 0.5) is 0 Å². The van der Waals surface area contributed by atoms with Crippen LogP contribution in [0.1, 0.15) is 11.1 Å². The zero-order valence-electron chi connectivity index (χ0n) is 27.1. The van der Waals surface area contributed by atoms with Crippen LogP contribution < -0.4 is 0 Å². The molecule has 0 aromatic heterocycles. The van der Waals surface area contributed by atoms with Crippen LogP contribution in [-0.2, 0) is 60.8 Å². The van der Waals surface area contributed by atoms with Gasteiger partial charge in [0.05, 0.1) is 64.2 Å². The van der Waals surface area contributed by atoms with Gasteiger partial charge in [0, 0.05) is 25.2 Å². The molecule has 2 aromatic carbocycles. The highest BCUT2D eigenvalue weighted by Gasteiger charge is 2.60. The Kier molecular flexibility index (Phi) is 10.7. The summed E-state index contributed by atoms with van der Waals surface area (Å²) >= 11 is 0. The SMILES string of the molecule is COC(=O)C1C(C(=O)OC)C2C(=O)C=CC1N2Cc1ccccc1.COC(=O)C1C(C(=O)OC)C2C(=O)C=CC1N2Cc1ccccc1. The molecule has 4 bridgehead atoms. The second-order valence-corrected chi connectivity index (χ2v) is 11.9. The smallest absolute Gasteiger partial charge is 0.311 e. The lowest BCUT2D eigenvalue weighted by atomic mass is 9.87. The first-order valence-electron chi connectivity index (χ1n) is 15.5. The lowest BCUT2D eigenvalue weighted by Gasteiger charge is -2.31. The first-order valence-corrected chi connectivity index (χ1v) is 15.5. The van der Waals surface area contributed by atoms with Gasteiger partial charge >= 0.3 is 23.9 Å². The summed E-state index contributed by atoms with van der Waals surface area (Å²) in [4.78, 5) is 77.9. The van der Waals surface area contributed by atoms with Gasteiger partial charge in [-0.1, -0.05) is 72.8 Å². The molecule has 0 spiro atoms. The molecule has 6 rings (SSSR count). The number of nitrogens with zero attached hydrogens (tertiary/aromatic N) is 2. The van der Waals surface area contributed by atoms with Crippen molar-refractivity contribution in [3.05, 3.63) is 96.1 Å². The van der Waals surface area contributed by atoms with Crippen LogP contribution >= 0.6 is 0 Å². The Labute approximate surface area is 278 Å². The summed E-state index contributed by atoms with van der Waals surface area (Å²) in [6.45, 7) is 0.931. The number of rotatable bonds is 8. The van der Waals surface area contributed by atoms with E-state index >= 15 is 0 Å². The first-order chi connectivity index (χ1) is 23.2. The fourth-order valence-electron chi connectivity index (χ4n) is 7.40. The van der Waals surface area contributed by atoms with Crippen LogP contribution in [0, 0.1) is 23.7 Å². The Hall–Kier alpha value is -4.94. The fraction of sp³-hybridized carbons (Fsp3) is 0.389. The molecule has 0 radical (unpaired) electrons. The van der Waals surface area contributed by atoms with Gasteiger partial charge in [0.1, 0.15) is 0 Å². The van der Waals surface area contributed by atoms with Gasteiger partial charge in [-0.15, -0.1) is 0 Å². The van der Waals surface area contributed by atoms with Crippen molar-refractivity contribution in [2.24, 2.45) is 23.7 Å². The van der Waals surface area contributed by atoms with Crippen LogP contribution in [0.25, 0.3) is 0 Å². The maximum absolute atomic E-state index is 12.5. The summed E-state index contributed by atoms with van der Waals surface area (Å²) in [5.41, 5.74) is 2.01. The molecule has 2 fully saturated rings. The van der Waals surface area contributed by atoms with Gasteiger partial charge in [-0.3, -0.25) is 38.6 Å². The first kappa shape index (κ1) is 34.4. The Bertz CT molecular complexity index is 1490. The van der Waals surface area contributed by atoms with E-state index in [4.69, 9.17) is 18.9 Å². The third-order valence-corrected chi connectivity index (χ3v) is 9.48. The average molecular weight is 659 g/mol. The summed E-state index contributed by atoms with van der Waals surface area (Å²) in [6, 6.07) is 17.1. The molecule has 4 heterocycles. The Balaban J connectivity index is 0.000000188. The van der Waals surface area contributed by atoms with Crippen molar-refractivity contribution in [2.75, 3.05) is 28.4 Å². The lowest BCUT2D eigenvalue weighted by molar-refractivity contribution is -0.157. The number of esters is 4. The van der Waals surface area contributed by atoms with Gasteiger partial charge in [0.25, 0.3) is 0 Å². The van der Waals surface area contributed by atoms with Gasteiger partial charge in [0.15, 0.2) is 11.6 Å². The zero-order valence-corrected chi connectivity index (χ0v) is 27.1. The number of hydrogen-bond donors (Lipinski definition) is 0. The minimum absolute atomic E-state index is 0.191. The van der Waals surface area contributed by atoms with E-state index < -0.39 is 59.6 Å². The molecule has 4 aliphatic heterocycles. The number of fused-ring (bicyclic) bond motifs is 4. The van der Waals surface area contributed by atoms with Gasteiger partial charge in [-0.25, -0.2) is 0 Å². The molecule has 4 aliphatic rings. The highest BCUT2D eigenvalue weighted by molar-refractivity contribution is 6.02. The number of benzene rings is 2. The van der Waals surface area contributed by atoms with E-state index in [1.807, 2.05) is 70.5 Å². The number of methoxy groups -OCH3 is 4. The zero-order chi connectivity index (χ0) is 34.5. The van der Waals surface area contributed by atoms with Gasteiger partial charge < -0.3 is 18.9 Å². The van der Waals surface area contributed by atoms with Crippen molar-refractivity contribution in [3.63, 3.8) is 0 Å². The molecule has 48 heavy (non-hydrogen) atoms. The van der Waals surface area contributed by atoms with E-state index in [1.165, 1.54) is 40.6 Å². The number of ketones is 2. The molecular weight excluding hydrogens is 620 g/mol. The van der Waals surface area contributed by atoms with E-state index in [-0.39, 0.29) is 23.7 Å². The molecule has 0 saturated carbocycles. The third kappa shape index (κ3) is 6.45. The monoisotopic (exact) mass is 658 g/mol. The standard InChI is InChI=1S/2C18H19NO5/c2*1-23-17(21)14-12-8-9-13(20)16(15(14)18(22)24-2)19(12)10-11-6-4-3-5-7-11/h2*3-9,12,14-16H,10H2,1-2H3. The van der Waals surface area contributed by atoms with Crippen molar-refractivity contribution in [1.82, 2.24) is 9.80 Å². The molecular formula is C36H38N2O10. The highest BCUT2D eigenvalue weighted by Crippen LogP contribution is 2.43. The van der Waals surface area contributed by atoms with Crippen molar-refractivity contribution in [1.29, 1.82) is 0 Å². The van der Waals surface area contributed by atoms with Crippen LogP contribution in [0.2, 0.25) is 0 Å². The largest absolute Gasteiger partial charge is 0.469 e. The second-order valence-electron chi connectivity index (χ2n) is 11.9. The van der Waals surface area contributed by atoms with Crippen LogP contribution in [0.5, 0.6) is 0 Å². The summed E-state index contributed by atoms with van der Waals surface area (Å²) in [7, 11) is 5.09. The Morgan fingerprint density at radius 3 is 1.15 bits per heavy atom. The summed E-state index contributed by atoms with van der Waals surface area (Å²) in [5, 5.41) is 0. The van der Waals surface area contributed by atoms with Crippen LogP contribution in [0.3, 0.4) is 0 Å². The predicted molar refractivity (Wildman–Crippen MR) is 169 cm³/mol. The molecule has 252 valence electrons. The predicted octanol–water partition coefficient (Wildman–Crippen LogP) is 1.91. The van der Waals surface area contributed by atoms with E-state index in [9.17, 15) is 28.8 Å². The van der Waals surface area contributed by atoms with Crippen LogP contribution in [-0.4, -0.2) is 97.9 Å². The topological polar surface area (TPSA) is 146 Å². The number of hydrogen-bond acceptors (Lipinski definition) is 12. The van der Waals surface area contributed by atoms with Crippen molar-refractivity contribution < 1.29 is 47.7 Å². The minimum Gasteiger partial charge on any atom is -0.469 e. The number of carbonyl (C=O) groups is 6. The van der Waals surface area contributed by atoms with Crippen LogP contribution in [0.15, 0.2) is 85.0 Å². The van der Waals surface area contributed by atoms with E-state index in [0.29, 0.717) is 13.1 Å². The third-order valence-electron chi connectivity index (χ3n) is 9.48. The summed E-state index contributed by atoms with van der Waals surface area (Å²) in [6.07, 6.45) is 6.28. The lowest BCUT2D eigenvalue weighted by Crippen LogP contribution is -2.45. The number of ether oxygens (including phenoxy) is 4. The molecule has 0 N–H and O–H groups in total. The van der Waals surface area contributed by atoms with Gasteiger partial charge in [-0.2, -0.15) is 0 Å². The molecule has 12 heteroatoms. The van der Waals surface area contributed by atoms with Crippen molar-refractivity contribution in [2.45, 2.75) is 37.3 Å². The molecule has 8 unspecified atom stereocenters. The molecule has 0 aliphatic carbocycles. The summed E-state index contributed by atoms with van der Waals surface area (Å²) in [5.74, 6) is -5.74. The molecule has 12 nitrogen and oxygen atoms in total. The summed E-state index contributed by atoms with van der Waals surface area (Å²) < 4.78 is 19.5. The fourth-order valence-corrected chi connectivity index (χ4v) is 7.40. The Morgan fingerprint density at radius 1 is 0.521 bits per heavy atom. The van der Waals surface area contributed by atoms with E-state index in [2.05, 4.69) is 0 Å². The minimum atomic E-state index is -0.862. The molecule has 0 amide bonds. The second kappa shape index (κ2) is 14.9. The van der Waals surface area contributed by atoms with E-state index in [1.54, 1.807) is 12.2 Å². The van der Waals surface area contributed by atoms with Crippen molar-refractivity contribution in [3.8, 4) is 0 Å². The van der Waals surface area contributed by atoms with Crippen molar-refractivity contribution >= 4 is 35.4 Å².